The monoisotopic (exact) mass is 559 g/mol. The summed E-state index contributed by atoms with van der Waals surface area (Å²) >= 11 is 1.10. The van der Waals surface area contributed by atoms with E-state index in [4.69, 9.17) is 19.3 Å². The molecule has 2 heterocycles. The molecule has 1 fully saturated rings. The predicted octanol–water partition coefficient (Wildman–Crippen LogP) is 6.37. The minimum atomic E-state index is -4.63. The molecule has 12 heteroatoms. The number of carbonyl (C=O) groups excluding carboxylic acids is 1. The average Bonchev–Trinajstić information content (AvgIpc) is 3.38. The standard InChI is InChI=1S/C26H36F3N3O5S/c1-23(2,3)37-22(34)32-24(4,5)36-16-25(32,6)21-31-30-20(38-21)17-11-12-19(18(15-17)26(27,28)29)35-14-10-8-7-9-13-33/h11-12,15,33H,7-10,13-14,16H2,1-6H3/t25-/m1/s1. The van der Waals surface area contributed by atoms with Gasteiger partial charge in [0, 0.05) is 12.2 Å². The van der Waals surface area contributed by atoms with E-state index in [9.17, 15) is 18.0 Å². The van der Waals surface area contributed by atoms with Crippen molar-refractivity contribution in [3.63, 3.8) is 0 Å². The first kappa shape index (κ1) is 30.1. The van der Waals surface area contributed by atoms with E-state index in [1.807, 2.05) is 0 Å². The van der Waals surface area contributed by atoms with E-state index in [2.05, 4.69) is 10.2 Å². The van der Waals surface area contributed by atoms with Gasteiger partial charge in [0.15, 0.2) is 0 Å². The van der Waals surface area contributed by atoms with Gasteiger partial charge in [-0.05, 0) is 79.0 Å². The SMILES string of the molecule is CC(C)(C)OC(=O)N1C(C)(C)OC[C@]1(C)c1nnc(-c2ccc(OCCCCCCO)c(C(F)(F)F)c2)s1. The number of aliphatic hydroxyl groups is 1. The summed E-state index contributed by atoms with van der Waals surface area (Å²) in [6.07, 6.45) is -2.42. The zero-order valence-electron chi connectivity index (χ0n) is 22.6. The molecule has 0 aliphatic carbocycles. The van der Waals surface area contributed by atoms with Crippen LogP contribution in [0.25, 0.3) is 10.6 Å². The van der Waals surface area contributed by atoms with Gasteiger partial charge in [-0.25, -0.2) is 4.79 Å². The molecule has 38 heavy (non-hydrogen) atoms. The number of benzene rings is 1. The molecular weight excluding hydrogens is 523 g/mol. The molecule has 0 spiro atoms. The topological polar surface area (TPSA) is 94.0 Å². The van der Waals surface area contributed by atoms with Crippen molar-refractivity contribution < 1.29 is 37.3 Å². The van der Waals surface area contributed by atoms with E-state index in [1.165, 1.54) is 17.0 Å². The molecule has 3 rings (SSSR count). The molecule has 2 aromatic rings. The fourth-order valence-electron chi connectivity index (χ4n) is 4.24. The maximum absolute atomic E-state index is 13.9. The van der Waals surface area contributed by atoms with E-state index in [1.54, 1.807) is 41.5 Å². The fourth-order valence-corrected chi connectivity index (χ4v) is 5.21. The van der Waals surface area contributed by atoms with Crippen LogP contribution in [0.3, 0.4) is 0 Å². The third kappa shape index (κ3) is 6.95. The molecule has 1 aromatic heterocycles. The number of amides is 1. The van der Waals surface area contributed by atoms with Crippen LogP contribution in [-0.4, -0.2) is 57.4 Å². The van der Waals surface area contributed by atoms with Gasteiger partial charge in [-0.1, -0.05) is 17.8 Å². The number of hydrogen-bond acceptors (Lipinski definition) is 8. The molecule has 1 N–H and O–H groups in total. The number of halogens is 3. The highest BCUT2D eigenvalue weighted by atomic mass is 32.1. The van der Waals surface area contributed by atoms with E-state index in [-0.39, 0.29) is 36.1 Å². The molecule has 1 saturated heterocycles. The maximum Gasteiger partial charge on any atom is 0.419 e. The lowest BCUT2D eigenvalue weighted by Crippen LogP contribution is -2.54. The fraction of sp³-hybridized carbons (Fsp3) is 0.654. The van der Waals surface area contributed by atoms with Crippen LogP contribution < -0.4 is 4.74 Å². The normalized spacial score (nSPS) is 19.6. The summed E-state index contributed by atoms with van der Waals surface area (Å²) in [5.74, 6) is -0.248. The summed E-state index contributed by atoms with van der Waals surface area (Å²) in [6.45, 7) is 10.9. The van der Waals surface area contributed by atoms with Crippen molar-refractivity contribution in [3.8, 4) is 16.3 Å². The van der Waals surface area contributed by atoms with Crippen molar-refractivity contribution in [1.82, 2.24) is 15.1 Å². The van der Waals surface area contributed by atoms with E-state index in [0.717, 1.165) is 30.2 Å². The molecule has 1 amide bonds. The van der Waals surface area contributed by atoms with Gasteiger partial charge < -0.3 is 19.3 Å². The first-order chi connectivity index (χ1) is 17.6. The number of rotatable bonds is 9. The van der Waals surface area contributed by atoms with Crippen LogP contribution in [0.5, 0.6) is 5.75 Å². The van der Waals surface area contributed by atoms with Crippen molar-refractivity contribution >= 4 is 17.4 Å². The van der Waals surface area contributed by atoms with Gasteiger partial charge >= 0.3 is 12.3 Å². The van der Waals surface area contributed by atoms with Crippen molar-refractivity contribution in [2.75, 3.05) is 19.8 Å². The number of aliphatic hydroxyl groups excluding tert-OH is 1. The quantitative estimate of drug-likeness (QED) is 0.357. The Morgan fingerprint density at radius 3 is 2.45 bits per heavy atom. The second-order valence-corrected chi connectivity index (χ2v) is 11.9. The lowest BCUT2D eigenvalue weighted by atomic mass is 10.0. The Hall–Kier alpha value is -2.44. The van der Waals surface area contributed by atoms with Crippen LogP contribution >= 0.6 is 11.3 Å². The summed E-state index contributed by atoms with van der Waals surface area (Å²) < 4.78 is 58.6. The summed E-state index contributed by atoms with van der Waals surface area (Å²) in [5, 5.41) is 17.9. The molecule has 1 atom stereocenters. The number of nitrogens with zero attached hydrogens (tertiary/aromatic N) is 3. The van der Waals surface area contributed by atoms with E-state index >= 15 is 0 Å². The molecule has 0 saturated carbocycles. The Morgan fingerprint density at radius 1 is 1.13 bits per heavy atom. The highest BCUT2D eigenvalue weighted by molar-refractivity contribution is 7.14. The Labute approximate surface area is 225 Å². The van der Waals surface area contributed by atoms with E-state index in [0.29, 0.717) is 17.8 Å². The molecule has 0 unspecified atom stereocenters. The van der Waals surface area contributed by atoms with Crippen LogP contribution in [0.15, 0.2) is 18.2 Å². The van der Waals surface area contributed by atoms with Gasteiger partial charge in [-0.3, -0.25) is 4.90 Å². The molecule has 8 nitrogen and oxygen atoms in total. The Morgan fingerprint density at radius 2 is 1.82 bits per heavy atom. The lowest BCUT2D eigenvalue weighted by molar-refractivity contribution is -0.138. The number of alkyl halides is 3. The van der Waals surface area contributed by atoms with Crippen molar-refractivity contribution in [1.29, 1.82) is 0 Å². The van der Waals surface area contributed by atoms with Gasteiger partial charge in [0.2, 0.25) is 0 Å². The summed E-state index contributed by atoms with van der Waals surface area (Å²) in [4.78, 5) is 14.6. The number of hydrogen-bond donors (Lipinski definition) is 1. The van der Waals surface area contributed by atoms with Gasteiger partial charge in [0.25, 0.3) is 0 Å². The smallest absolute Gasteiger partial charge is 0.419 e. The Balaban J connectivity index is 1.86. The van der Waals surface area contributed by atoms with Gasteiger partial charge in [-0.2, -0.15) is 13.2 Å². The Kier molecular flexibility index (Phi) is 8.99. The third-order valence-electron chi connectivity index (χ3n) is 6.04. The molecular formula is C26H36F3N3O5S. The number of ether oxygens (including phenoxy) is 3. The first-order valence-electron chi connectivity index (χ1n) is 12.5. The van der Waals surface area contributed by atoms with Gasteiger partial charge in [0.1, 0.15) is 32.6 Å². The number of aromatic nitrogens is 2. The van der Waals surface area contributed by atoms with Crippen molar-refractivity contribution in [2.24, 2.45) is 0 Å². The third-order valence-corrected chi connectivity index (χ3v) is 7.27. The predicted molar refractivity (Wildman–Crippen MR) is 137 cm³/mol. The zero-order valence-corrected chi connectivity index (χ0v) is 23.5. The summed E-state index contributed by atoms with van der Waals surface area (Å²) in [6, 6.07) is 3.82. The van der Waals surface area contributed by atoms with Gasteiger partial charge in [0.05, 0.1) is 18.8 Å². The molecule has 1 aliphatic rings. The van der Waals surface area contributed by atoms with Crippen molar-refractivity contribution in [2.45, 2.75) is 90.3 Å². The van der Waals surface area contributed by atoms with Crippen LogP contribution in [0.2, 0.25) is 0 Å². The van der Waals surface area contributed by atoms with Crippen LogP contribution in [0, 0.1) is 0 Å². The second kappa shape index (κ2) is 11.4. The van der Waals surface area contributed by atoms with Crippen LogP contribution in [0.4, 0.5) is 18.0 Å². The van der Waals surface area contributed by atoms with Crippen LogP contribution in [0.1, 0.15) is 77.8 Å². The first-order valence-corrected chi connectivity index (χ1v) is 13.4. The molecule has 212 valence electrons. The minimum absolute atomic E-state index is 0.0941. The summed E-state index contributed by atoms with van der Waals surface area (Å²) in [5.41, 5.74) is -3.42. The number of carbonyl (C=O) groups is 1. The highest BCUT2D eigenvalue weighted by Crippen LogP contribution is 2.45. The van der Waals surface area contributed by atoms with E-state index < -0.39 is 34.7 Å². The maximum atomic E-state index is 13.9. The van der Waals surface area contributed by atoms with Gasteiger partial charge in [-0.15, -0.1) is 10.2 Å². The minimum Gasteiger partial charge on any atom is -0.493 e. The highest BCUT2D eigenvalue weighted by Gasteiger charge is 2.55. The van der Waals surface area contributed by atoms with Crippen LogP contribution in [-0.2, 0) is 21.2 Å². The lowest BCUT2D eigenvalue weighted by Gasteiger charge is -2.39. The summed E-state index contributed by atoms with van der Waals surface area (Å²) in [7, 11) is 0. The molecule has 0 bridgehead atoms. The zero-order chi connectivity index (χ0) is 28.4. The second-order valence-electron chi connectivity index (χ2n) is 10.9. The largest absolute Gasteiger partial charge is 0.493 e. The Bertz CT molecular complexity index is 1120. The average molecular weight is 560 g/mol. The molecule has 0 radical (unpaired) electrons. The molecule has 1 aromatic carbocycles. The number of unbranched alkanes of at least 4 members (excludes halogenated alkanes) is 3. The van der Waals surface area contributed by atoms with Crippen molar-refractivity contribution in [3.05, 3.63) is 28.8 Å². The molecule has 1 aliphatic heterocycles.